The summed E-state index contributed by atoms with van der Waals surface area (Å²) in [5, 5.41) is 1.80. The molecule has 3 aromatic carbocycles. The summed E-state index contributed by atoms with van der Waals surface area (Å²) < 4.78 is 24.6. The first-order valence-electron chi connectivity index (χ1n) is 15.5. The zero-order valence-electron chi connectivity index (χ0n) is 26.6. The molecule has 10 heteroatoms. The Balaban J connectivity index is 1.51. The van der Waals surface area contributed by atoms with Gasteiger partial charge in [0.25, 0.3) is 5.56 Å². The first-order valence-corrected chi connectivity index (χ1v) is 16.3. The van der Waals surface area contributed by atoms with Crippen molar-refractivity contribution in [3.63, 3.8) is 0 Å². The van der Waals surface area contributed by atoms with Crippen LogP contribution in [0.5, 0.6) is 5.75 Å². The molecule has 2 aromatic heterocycles. The highest BCUT2D eigenvalue weighted by atomic mass is 32.1. The molecule has 5 aromatic rings. The molecule has 0 amide bonds. The van der Waals surface area contributed by atoms with Gasteiger partial charge in [0, 0.05) is 17.2 Å². The van der Waals surface area contributed by atoms with Crippen LogP contribution in [0, 0.1) is 0 Å². The summed E-state index contributed by atoms with van der Waals surface area (Å²) in [5.41, 5.74) is 2.51. The zero-order valence-corrected chi connectivity index (χ0v) is 27.4. The number of allylic oxidation sites excluding steroid dienone is 1. The maximum Gasteiger partial charge on any atom is 0.338 e. The SMILES string of the molecule is CCCC1=C(C(=O)OCC)C(c2c(OC)ccc3ccccc23)n2c(s/c(=C\c3ccc(-c4ccc(C(=O)OCC)cc4)o3)c2=O)=N1. The van der Waals surface area contributed by atoms with Crippen molar-refractivity contribution >= 4 is 40.1 Å². The number of methoxy groups -OCH3 is 1. The van der Waals surface area contributed by atoms with Crippen LogP contribution in [0.25, 0.3) is 28.2 Å². The summed E-state index contributed by atoms with van der Waals surface area (Å²) in [5.74, 6) is 0.693. The minimum absolute atomic E-state index is 0.179. The Morgan fingerprint density at radius 1 is 0.936 bits per heavy atom. The van der Waals surface area contributed by atoms with Gasteiger partial charge in [0.2, 0.25) is 0 Å². The largest absolute Gasteiger partial charge is 0.496 e. The van der Waals surface area contributed by atoms with Crippen molar-refractivity contribution in [3.05, 3.63) is 121 Å². The molecule has 9 nitrogen and oxygen atoms in total. The Hall–Kier alpha value is -5.22. The molecule has 3 heterocycles. The molecule has 1 unspecified atom stereocenters. The Kier molecular flexibility index (Phi) is 9.22. The van der Waals surface area contributed by atoms with Crippen LogP contribution in [0.4, 0.5) is 0 Å². The summed E-state index contributed by atoms with van der Waals surface area (Å²) in [6.45, 7) is 6.02. The molecule has 1 aliphatic heterocycles. The van der Waals surface area contributed by atoms with Gasteiger partial charge in [-0.3, -0.25) is 9.36 Å². The normalized spacial score (nSPS) is 14.6. The molecule has 1 aliphatic rings. The third-order valence-electron chi connectivity index (χ3n) is 7.90. The second-order valence-corrected chi connectivity index (χ2v) is 11.8. The van der Waals surface area contributed by atoms with Crippen LogP contribution in [0.15, 0.2) is 98.3 Å². The number of carbonyl (C=O) groups excluding carboxylic acids is 2. The van der Waals surface area contributed by atoms with Gasteiger partial charge in [0.15, 0.2) is 4.80 Å². The molecule has 0 radical (unpaired) electrons. The number of carbonyl (C=O) groups is 2. The standard InChI is InChI=1S/C37H34N2O7S/c1-5-10-27-32(36(42)45-7-3)33(31-26-12-9-8-11-22(26)17-19-29(31)43-4)39-34(40)30(47-37(39)38-27)21-25-18-20-28(46-25)23-13-15-24(16-14-23)35(41)44-6-2/h8-9,11-21,33H,5-7,10H2,1-4H3/b30-21-. The van der Waals surface area contributed by atoms with Crippen molar-refractivity contribution in [3.8, 4) is 17.1 Å². The molecule has 0 bridgehead atoms. The highest BCUT2D eigenvalue weighted by Crippen LogP contribution is 2.41. The van der Waals surface area contributed by atoms with Crippen LogP contribution < -0.4 is 19.6 Å². The van der Waals surface area contributed by atoms with Gasteiger partial charge in [-0.1, -0.05) is 67.1 Å². The van der Waals surface area contributed by atoms with Crippen LogP contribution >= 0.6 is 11.3 Å². The smallest absolute Gasteiger partial charge is 0.338 e. The van der Waals surface area contributed by atoms with E-state index in [1.807, 2.05) is 49.4 Å². The van der Waals surface area contributed by atoms with E-state index in [1.54, 1.807) is 61.9 Å². The van der Waals surface area contributed by atoms with E-state index in [1.165, 1.54) is 11.3 Å². The molecule has 47 heavy (non-hydrogen) atoms. The number of fused-ring (bicyclic) bond motifs is 2. The van der Waals surface area contributed by atoms with Gasteiger partial charge in [0.1, 0.15) is 23.3 Å². The van der Waals surface area contributed by atoms with Gasteiger partial charge in [-0.25, -0.2) is 14.6 Å². The molecule has 1 atom stereocenters. The monoisotopic (exact) mass is 650 g/mol. The molecule has 0 saturated heterocycles. The number of furan rings is 1. The topological polar surface area (TPSA) is 109 Å². The lowest BCUT2D eigenvalue weighted by Gasteiger charge is -2.28. The molecule has 0 fully saturated rings. The van der Waals surface area contributed by atoms with E-state index in [0.29, 0.717) is 62.0 Å². The molecule has 0 N–H and O–H groups in total. The molecular formula is C37H34N2O7S. The number of hydrogen-bond donors (Lipinski definition) is 0. The van der Waals surface area contributed by atoms with Gasteiger partial charge in [-0.2, -0.15) is 0 Å². The summed E-state index contributed by atoms with van der Waals surface area (Å²) in [6.07, 6.45) is 2.95. The zero-order chi connectivity index (χ0) is 33.1. The van der Waals surface area contributed by atoms with E-state index in [4.69, 9.17) is 23.6 Å². The van der Waals surface area contributed by atoms with Crippen molar-refractivity contribution in [2.24, 2.45) is 4.99 Å². The lowest BCUT2D eigenvalue weighted by Crippen LogP contribution is -2.40. The van der Waals surface area contributed by atoms with Gasteiger partial charge < -0.3 is 18.6 Å². The minimum atomic E-state index is -0.833. The summed E-state index contributed by atoms with van der Waals surface area (Å²) in [4.78, 5) is 45.4. The predicted molar refractivity (Wildman–Crippen MR) is 180 cm³/mol. The third-order valence-corrected chi connectivity index (χ3v) is 8.88. The van der Waals surface area contributed by atoms with E-state index in [0.717, 1.165) is 22.8 Å². The predicted octanol–water partition coefficient (Wildman–Crippen LogP) is 6.18. The number of esters is 2. The maximum absolute atomic E-state index is 14.3. The maximum atomic E-state index is 14.3. The van der Waals surface area contributed by atoms with Gasteiger partial charge >= 0.3 is 11.9 Å². The van der Waals surface area contributed by atoms with Crippen molar-refractivity contribution in [2.45, 2.75) is 39.7 Å². The average molecular weight is 651 g/mol. The van der Waals surface area contributed by atoms with Crippen molar-refractivity contribution in [1.29, 1.82) is 0 Å². The van der Waals surface area contributed by atoms with Crippen LogP contribution in [0.2, 0.25) is 0 Å². The van der Waals surface area contributed by atoms with Gasteiger partial charge in [-0.05, 0) is 61.4 Å². The van der Waals surface area contributed by atoms with Crippen LogP contribution in [-0.4, -0.2) is 36.8 Å². The minimum Gasteiger partial charge on any atom is -0.496 e. The van der Waals surface area contributed by atoms with E-state index < -0.39 is 12.0 Å². The molecule has 240 valence electrons. The molecule has 6 rings (SSSR count). The average Bonchev–Trinajstić information content (AvgIpc) is 3.68. The second-order valence-electron chi connectivity index (χ2n) is 10.8. The molecule has 0 spiro atoms. The highest BCUT2D eigenvalue weighted by molar-refractivity contribution is 7.07. The number of rotatable bonds is 10. The van der Waals surface area contributed by atoms with E-state index in [-0.39, 0.29) is 18.1 Å². The molecule has 0 saturated carbocycles. The quantitative estimate of drug-likeness (QED) is 0.166. The fourth-order valence-corrected chi connectivity index (χ4v) is 6.83. The Labute approximate surface area is 275 Å². The van der Waals surface area contributed by atoms with Crippen LogP contribution in [0.1, 0.15) is 61.3 Å². The number of benzene rings is 3. The van der Waals surface area contributed by atoms with Crippen molar-refractivity contribution in [1.82, 2.24) is 4.57 Å². The van der Waals surface area contributed by atoms with Crippen LogP contribution in [0.3, 0.4) is 0 Å². The fourth-order valence-electron chi connectivity index (χ4n) is 5.83. The van der Waals surface area contributed by atoms with Crippen molar-refractivity contribution in [2.75, 3.05) is 20.3 Å². The van der Waals surface area contributed by atoms with Crippen LogP contribution in [-0.2, 0) is 14.3 Å². The summed E-state index contributed by atoms with van der Waals surface area (Å²) in [7, 11) is 1.58. The Bertz CT molecular complexity index is 2190. The highest BCUT2D eigenvalue weighted by Gasteiger charge is 2.37. The van der Waals surface area contributed by atoms with E-state index in [9.17, 15) is 14.4 Å². The lowest BCUT2D eigenvalue weighted by atomic mass is 9.90. The van der Waals surface area contributed by atoms with E-state index >= 15 is 0 Å². The van der Waals surface area contributed by atoms with Crippen molar-refractivity contribution < 1.29 is 28.2 Å². The van der Waals surface area contributed by atoms with Gasteiger partial charge in [-0.15, -0.1) is 0 Å². The second kappa shape index (κ2) is 13.6. The number of hydrogen-bond acceptors (Lipinski definition) is 9. The number of nitrogens with zero attached hydrogens (tertiary/aromatic N) is 2. The molecule has 0 aliphatic carbocycles. The summed E-state index contributed by atoms with van der Waals surface area (Å²) >= 11 is 1.24. The molecular weight excluding hydrogens is 616 g/mol. The Morgan fingerprint density at radius 2 is 1.68 bits per heavy atom. The van der Waals surface area contributed by atoms with Gasteiger partial charge in [0.05, 0.1) is 41.7 Å². The van der Waals surface area contributed by atoms with E-state index in [2.05, 4.69) is 0 Å². The number of thiazole rings is 1. The lowest BCUT2D eigenvalue weighted by molar-refractivity contribution is -0.139. The number of aromatic nitrogens is 1. The number of ether oxygens (including phenoxy) is 3. The Morgan fingerprint density at radius 3 is 2.40 bits per heavy atom. The first kappa shape index (κ1) is 31.7. The third kappa shape index (κ3) is 6.04. The first-order chi connectivity index (χ1) is 22.9. The summed E-state index contributed by atoms with van der Waals surface area (Å²) in [6, 6.07) is 21.3. The fraction of sp³-hybridized carbons (Fsp3) is 0.243.